The molecule has 40 heavy (non-hydrogen) atoms. The van der Waals surface area contributed by atoms with Gasteiger partial charge in [-0.05, 0) is 65.7 Å². The number of hydrogen-bond donors (Lipinski definition) is 0. The minimum absolute atomic E-state index is 0.0947. The van der Waals surface area contributed by atoms with Gasteiger partial charge >= 0.3 is 0 Å². The molecule has 0 fully saturated rings. The second-order valence-corrected chi connectivity index (χ2v) is 13.7. The monoisotopic (exact) mass is 696 g/mol. The van der Waals surface area contributed by atoms with E-state index in [1.54, 1.807) is 6.21 Å². The summed E-state index contributed by atoms with van der Waals surface area (Å²) in [5.41, 5.74) is 2.69. The van der Waals surface area contributed by atoms with Gasteiger partial charge in [0.15, 0.2) is 0 Å². The molecule has 0 bridgehead atoms. The largest absolute Gasteiger partial charge is 0.280 e. The second kappa shape index (κ2) is 12.1. The summed E-state index contributed by atoms with van der Waals surface area (Å²) in [5, 5.41) is 6.12. The quantitative estimate of drug-likeness (QED) is 0.126. The number of carbonyl (C=O) groups is 1. The second-order valence-electron chi connectivity index (χ2n) is 8.79. The number of rotatable bonds is 8. The van der Waals surface area contributed by atoms with Crippen LogP contribution in [-0.2, 0) is 16.6 Å². The van der Waals surface area contributed by atoms with Gasteiger partial charge in [0.05, 0.1) is 21.3 Å². The average molecular weight is 698 g/mol. The zero-order valence-corrected chi connectivity index (χ0v) is 25.9. The predicted octanol–water partition coefficient (Wildman–Crippen LogP) is 7.32. The minimum Gasteiger partial charge on any atom is -0.267 e. The first-order chi connectivity index (χ1) is 19.2. The maximum Gasteiger partial charge on any atom is 0.280 e. The Kier molecular flexibility index (Phi) is 8.57. The summed E-state index contributed by atoms with van der Waals surface area (Å²) in [7, 11) is -2.23. The van der Waals surface area contributed by atoms with E-state index in [2.05, 4.69) is 41.9 Å². The van der Waals surface area contributed by atoms with Crippen LogP contribution >= 0.6 is 43.2 Å². The van der Waals surface area contributed by atoms with Crippen LogP contribution in [0.15, 0.2) is 116 Å². The molecule has 0 aliphatic rings. The average Bonchev–Trinajstić information content (AvgIpc) is 3.37. The number of nitrogens with zero attached hydrogens (tertiary/aromatic N) is 4. The lowest BCUT2D eigenvalue weighted by atomic mass is 10.2. The van der Waals surface area contributed by atoms with Crippen molar-refractivity contribution < 1.29 is 13.2 Å². The minimum atomic E-state index is -3.76. The highest BCUT2D eigenvalue weighted by atomic mass is 79.9. The van der Waals surface area contributed by atoms with Gasteiger partial charge in [-0.3, -0.25) is 4.79 Å². The number of anilines is 1. The number of benzene rings is 4. The van der Waals surface area contributed by atoms with Crippen molar-refractivity contribution in [2.45, 2.75) is 11.4 Å². The maximum absolute atomic E-state index is 13.7. The zero-order valence-electron chi connectivity index (χ0n) is 21.1. The van der Waals surface area contributed by atoms with E-state index in [0.29, 0.717) is 5.13 Å². The summed E-state index contributed by atoms with van der Waals surface area (Å²) >= 11 is 8.23. The first-order valence-electron chi connectivity index (χ1n) is 12.0. The molecule has 202 valence electrons. The van der Waals surface area contributed by atoms with Gasteiger partial charge in [-0.25, -0.2) is 13.4 Å². The molecule has 0 saturated heterocycles. The highest BCUT2D eigenvalue weighted by Crippen LogP contribution is 2.32. The Hall–Kier alpha value is -3.22. The van der Waals surface area contributed by atoms with E-state index in [-0.39, 0.29) is 17.0 Å². The molecule has 0 aliphatic carbocycles. The number of aromatic nitrogens is 1. The summed E-state index contributed by atoms with van der Waals surface area (Å²) in [4.78, 5) is 18.4. The molecule has 4 aromatic carbocycles. The van der Waals surface area contributed by atoms with Gasteiger partial charge in [0.2, 0.25) is 15.2 Å². The fourth-order valence-electron chi connectivity index (χ4n) is 3.84. The van der Waals surface area contributed by atoms with Crippen molar-refractivity contribution in [2.75, 3.05) is 12.1 Å². The van der Waals surface area contributed by atoms with Crippen LogP contribution in [0, 0.1) is 0 Å². The van der Waals surface area contributed by atoms with Crippen LogP contribution in [-0.4, -0.2) is 36.9 Å². The van der Waals surface area contributed by atoms with Crippen molar-refractivity contribution in [3.8, 4) is 0 Å². The first kappa shape index (κ1) is 28.3. The van der Waals surface area contributed by atoms with Crippen molar-refractivity contribution >= 4 is 80.7 Å². The molecule has 0 radical (unpaired) electrons. The van der Waals surface area contributed by atoms with E-state index in [1.165, 1.54) is 52.0 Å². The Morgan fingerprint density at radius 2 is 1.60 bits per heavy atom. The van der Waals surface area contributed by atoms with Crippen LogP contribution in [0.1, 0.15) is 21.5 Å². The number of thiazole rings is 1. The van der Waals surface area contributed by atoms with Crippen molar-refractivity contribution in [1.29, 1.82) is 0 Å². The van der Waals surface area contributed by atoms with Gasteiger partial charge in [-0.1, -0.05) is 85.7 Å². The van der Waals surface area contributed by atoms with Crippen LogP contribution in [0.3, 0.4) is 0 Å². The molecule has 0 saturated carbocycles. The Labute approximate surface area is 253 Å². The van der Waals surface area contributed by atoms with Gasteiger partial charge in [0, 0.05) is 28.1 Å². The number of carbonyl (C=O) groups excluding carboxylic acids is 1. The molecule has 0 unspecified atom stereocenters. The summed E-state index contributed by atoms with van der Waals surface area (Å²) in [6.45, 7) is 0.232. The molecular formula is C29H22Br2N4O3S2. The van der Waals surface area contributed by atoms with Gasteiger partial charge in [-0.2, -0.15) is 14.4 Å². The molecule has 11 heteroatoms. The summed E-state index contributed by atoms with van der Waals surface area (Å²) in [6, 6.07) is 28.4. The van der Waals surface area contributed by atoms with E-state index in [0.717, 1.165) is 30.3 Å². The van der Waals surface area contributed by atoms with Gasteiger partial charge < -0.3 is 0 Å². The van der Waals surface area contributed by atoms with E-state index in [9.17, 15) is 13.2 Å². The van der Waals surface area contributed by atoms with E-state index < -0.39 is 15.9 Å². The highest BCUT2D eigenvalue weighted by molar-refractivity contribution is 9.10. The Morgan fingerprint density at radius 3 is 2.30 bits per heavy atom. The summed E-state index contributed by atoms with van der Waals surface area (Å²) in [5.74, 6) is -0.437. The summed E-state index contributed by atoms with van der Waals surface area (Å²) in [6.07, 6.45) is 1.59. The molecule has 1 heterocycles. The van der Waals surface area contributed by atoms with Crippen molar-refractivity contribution in [1.82, 2.24) is 9.29 Å². The predicted molar refractivity (Wildman–Crippen MR) is 167 cm³/mol. The fourth-order valence-corrected chi connectivity index (χ4v) is 6.73. The molecule has 1 aromatic heterocycles. The number of fused-ring (bicyclic) bond motifs is 1. The standard InChI is InChI=1S/C29H22Br2N4O3S2/c1-34(19-21-5-3-2-4-6-21)40(37,38)25-14-9-22(10-15-25)28(36)35(32-18-20-7-11-23(30)12-8-20)29-33-26-16-13-24(31)17-27(26)39-29/h2-18H,19H2,1H3/b32-18+. The number of halogens is 2. The number of hydrazone groups is 1. The number of sulfonamides is 1. The molecule has 1 amide bonds. The van der Waals surface area contributed by atoms with E-state index in [1.807, 2.05) is 72.8 Å². The van der Waals surface area contributed by atoms with Crippen LogP contribution in [0.2, 0.25) is 0 Å². The topological polar surface area (TPSA) is 82.9 Å². The Bertz CT molecular complexity index is 1790. The molecule has 0 aliphatic heterocycles. The zero-order chi connectivity index (χ0) is 28.3. The third kappa shape index (κ3) is 6.39. The van der Waals surface area contributed by atoms with E-state index in [4.69, 9.17) is 0 Å². The Balaban J connectivity index is 1.44. The highest BCUT2D eigenvalue weighted by Gasteiger charge is 2.24. The van der Waals surface area contributed by atoms with Gasteiger partial charge in [-0.15, -0.1) is 0 Å². The number of hydrogen-bond acceptors (Lipinski definition) is 6. The maximum atomic E-state index is 13.7. The normalized spacial score (nSPS) is 11.9. The lowest BCUT2D eigenvalue weighted by molar-refractivity contribution is 0.0987. The molecule has 7 nitrogen and oxygen atoms in total. The fraction of sp³-hybridized carbons (Fsp3) is 0.0690. The molecule has 5 aromatic rings. The van der Waals surface area contributed by atoms with Crippen LogP contribution < -0.4 is 5.01 Å². The van der Waals surface area contributed by atoms with Gasteiger partial charge in [0.1, 0.15) is 0 Å². The third-order valence-electron chi connectivity index (χ3n) is 5.96. The number of amides is 1. The first-order valence-corrected chi connectivity index (χ1v) is 15.9. The molecule has 0 N–H and O–H groups in total. The smallest absolute Gasteiger partial charge is 0.267 e. The lowest BCUT2D eigenvalue weighted by Gasteiger charge is -2.18. The molecule has 5 rings (SSSR count). The summed E-state index contributed by atoms with van der Waals surface area (Å²) < 4.78 is 30.4. The van der Waals surface area contributed by atoms with Crippen molar-refractivity contribution in [2.24, 2.45) is 5.10 Å². The molecular weight excluding hydrogens is 676 g/mol. The molecule has 0 atom stereocenters. The SMILES string of the molecule is CN(Cc1ccccc1)S(=O)(=O)c1ccc(C(=O)N(/N=C/c2ccc(Br)cc2)c2nc3ccc(Br)cc3s2)cc1. The van der Waals surface area contributed by atoms with E-state index >= 15 is 0 Å². The van der Waals surface area contributed by atoms with Crippen LogP contribution in [0.5, 0.6) is 0 Å². The van der Waals surface area contributed by atoms with Crippen molar-refractivity contribution in [3.63, 3.8) is 0 Å². The molecule has 0 spiro atoms. The lowest BCUT2D eigenvalue weighted by Crippen LogP contribution is -2.27. The Morgan fingerprint density at radius 1 is 0.925 bits per heavy atom. The van der Waals surface area contributed by atoms with Gasteiger partial charge in [0.25, 0.3) is 5.91 Å². The van der Waals surface area contributed by atoms with Crippen LogP contribution in [0.4, 0.5) is 5.13 Å². The van der Waals surface area contributed by atoms with Crippen molar-refractivity contribution in [3.05, 3.63) is 123 Å². The third-order valence-corrected chi connectivity index (χ3v) is 9.80. The van der Waals surface area contributed by atoms with Crippen LogP contribution in [0.25, 0.3) is 10.2 Å².